The maximum atomic E-state index is 11.9. The SMILES string of the molecule is O=C(C1=CCCCN1)c1ccccc1. The standard InChI is InChI=1S/C12H13NO/c14-12(10-6-2-1-3-7-10)11-8-4-5-9-13-11/h1-3,6-8,13H,4-5,9H2. The zero-order chi connectivity index (χ0) is 9.80. The fourth-order valence-electron chi connectivity index (χ4n) is 1.56. The summed E-state index contributed by atoms with van der Waals surface area (Å²) in [7, 11) is 0. The summed E-state index contributed by atoms with van der Waals surface area (Å²) >= 11 is 0. The Labute approximate surface area is 83.6 Å². The third-order valence-corrected chi connectivity index (χ3v) is 2.33. The van der Waals surface area contributed by atoms with Crippen LogP contribution in [0.3, 0.4) is 0 Å². The van der Waals surface area contributed by atoms with Gasteiger partial charge in [-0.1, -0.05) is 36.4 Å². The molecule has 1 heterocycles. The Morgan fingerprint density at radius 2 is 2.00 bits per heavy atom. The first-order chi connectivity index (χ1) is 6.88. The Balaban J connectivity index is 2.20. The molecule has 0 unspecified atom stereocenters. The van der Waals surface area contributed by atoms with Gasteiger partial charge in [-0.25, -0.2) is 0 Å². The van der Waals surface area contributed by atoms with E-state index >= 15 is 0 Å². The van der Waals surface area contributed by atoms with Gasteiger partial charge in [0.25, 0.3) is 0 Å². The molecule has 0 amide bonds. The molecule has 2 rings (SSSR count). The van der Waals surface area contributed by atoms with E-state index in [0.717, 1.165) is 30.6 Å². The molecule has 2 heteroatoms. The van der Waals surface area contributed by atoms with E-state index in [1.165, 1.54) is 0 Å². The van der Waals surface area contributed by atoms with Crippen LogP contribution in [0.15, 0.2) is 42.1 Å². The Morgan fingerprint density at radius 3 is 2.64 bits per heavy atom. The van der Waals surface area contributed by atoms with Crippen molar-refractivity contribution in [3.8, 4) is 0 Å². The smallest absolute Gasteiger partial charge is 0.208 e. The highest BCUT2D eigenvalue weighted by atomic mass is 16.1. The van der Waals surface area contributed by atoms with Gasteiger partial charge in [0.15, 0.2) is 0 Å². The van der Waals surface area contributed by atoms with E-state index in [2.05, 4.69) is 5.32 Å². The van der Waals surface area contributed by atoms with Crippen LogP contribution in [-0.2, 0) is 0 Å². The molecule has 14 heavy (non-hydrogen) atoms. The van der Waals surface area contributed by atoms with E-state index in [4.69, 9.17) is 0 Å². The zero-order valence-corrected chi connectivity index (χ0v) is 7.99. The second-order valence-corrected chi connectivity index (χ2v) is 3.38. The van der Waals surface area contributed by atoms with Gasteiger partial charge in [0.05, 0.1) is 5.70 Å². The van der Waals surface area contributed by atoms with Crippen molar-refractivity contribution in [2.75, 3.05) is 6.54 Å². The van der Waals surface area contributed by atoms with Crippen molar-refractivity contribution in [3.05, 3.63) is 47.7 Å². The maximum absolute atomic E-state index is 11.9. The molecule has 0 saturated carbocycles. The third kappa shape index (κ3) is 1.84. The molecule has 0 atom stereocenters. The quantitative estimate of drug-likeness (QED) is 0.719. The van der Waals surface area contributed by atoms with Gasteiger partial charge < -0.3 is 5.32 Å². The van der Waals surface area contributed by atoms with Crippen molar-refractivity contribution < 1.29 is 4.79 Å². The van der Waals surface area contributed by atoms with Gasteiger partial charge in [-0.05, 0) is 12.8 Å². The number of nitrogens with one attached hydrogen (secondary N) is 1. The van der Waals surface area contributed by atoms with E-state index in [1.54, 1.807) is 0 Å². The Morgan fingerprint density at radius 1 is 1.21 bits per heavy atom. The first-order valence-corrected chi connectivity index (χ1v) is 4.92. The topological polar surface area (TPSA) is 29.1 Å². The average molecular weight is 187 g/mol. The molecule has 72 valence electrons. The van der Waals surface area contributed by atoms with Gasteiger partial charge in [-0.2, -0.15) is 0 Å². The molecule has 0 aromatic heterocycles. The highest BCUT2D eigenvalue weighted by Gasteiger charge is 2.12. The minimum atomic E-state index is 0.102. The highest BCUT2D eigenvalue weighted by molar-refractivity contribution is 6.08. The Kier molecular flexibility index (Phi) is 2.63. The molecule has 2 nitrogen and oxygen atoms in total. The van der Waals surface area contributed by atoms with Crippen LogP contribution in [0, 0.1) is 0 Å². The predicted molar refractivity (Wildman–Crippen MR) is 56.1 cm³/mol. The Hall–Kier alpha value is -1.57. The molecular formula is C12H13NO. The molecule has 0 fully saturated rings. The number of allylic oxidation sites excluding steroid dienone is 2. The molecule has 0 bridgehead atoms. The summed E-state index contributed by atoms with van der Waals surface area (Å²) in [6.45, 7) is 0.907. The second kappa shape index (κ2) is 4.09. The van der Waals surface area contributed by atoms with Crippen molar-refractivity contribution >= 4 is 5.78 Å². The number of carbonyl (C=O) groups excluding carboxylic acids is 1. The van der Waals surface area contributed by atoms with Crippen LogP contribution in [0.25, 0.3) is 0 Å². The molecule has 0 radical (unpaired) electrons. The molecule has 0 saturated heterocycles. The summed E-state index contributed by atoms with van der Waals surface area (Å²) in [5, 5.41) is 3.13. The zero-order valence-electron chi connectivity index (χ0n) is 7.99. The fraction of sp³-hybridized carbons (Fsp3) is 0.250. The summed E-state index contributed by atoms with van der Waals surface area (Å²) in [5.74, 6) is 0.102. The van der Waals surface area contributed by atoms with Crippen molar-refractivity contribution in [3.63, 3.8) is 0 Å². The number of rotatable bonds is 2. The third-order valence-electron chi connectivity index (χ3n) is 2.33. The van der Waals surface area contributed by atoms with E-state index < -0.39 is 0 Å². The van der Waals surface area contributed by atoms with Crippen LogP contribution in [0.2, 0.25) is 0 Å². The summed E-state index contributed by atoms with van der Waals surface area (Å²) in [6.07, 6.45) is 4.10. The molecule has 1 aliphatic heterocycles. The largest absolute Gasteiger partial charge is 0.382 e. The fourth-order valence-corrected chi connectivity index (χ4v) is 1.56. The van der Waals surface area contributed by atoms with Crippen LogP contribution in [0.1, 0.15) is 23.2 Å². The Bertz CT molecular complexity index is 354. The first kappa shape index (κ1) is 9.00. The summed E-state index contributed by atoms with van der Waals surface area (Å²) in [5.41, 5.74) is 1.51. The normalized spacial score (nSPS) is 15.6. The van der Waals surface area contributed by atoms with E-state index in [9.17, 15) is 4.79 Å². The molecule has 1 aromatic rings. The van der Waals surface area contributed by atoms with Gasteiger partial charge in [-0.3, -0.25) is 4.79 Å². The monoisotopic (exact) mass is 187 g/mol. The summed E-state index contributed by atoms with van der Waals surface area (Å²) in [6, 6.07) is 9.38. The lowest BCUT2D eigenvalue weighted by Gasteiger charge is -2.14. The molecule has 0 spiro atoms. The van der Waals surface area contributed by atoms with Gasteiger partial charge in [-0.15, -0.1) is 0 Å². The van der Waals surface area contributed by atoms with E-state index in [0.29, 0.717) is 0 Å². The molecule has 1 aliphatic rings. The summed E-state index contributed by atoms with van der Waals surface area (Å²) in [4.78, 5) is 11.9. The van der Waals surface area contributed by atoms with E-state index in [1.807, 2.05) is 36.4 Å². The number of benzene rings is 1. The lowest BCUT2D eigenvalue weighted by Crippen LogP contribution is -2.24. The molecular weight excluding hydrogens is 174 g/mol. The average Bonchev–Trinajstić information content (AvgIpc) is 2.30. The van der Waals surface area contributed by atoms with Crippen LogP contribution in [0.4, 0.5) is 0 Å². The minimum absolute atomic E-state index is 0.102. The van der Waals surface area contributed by atoms with Crippen LogP contribution in [0.5, 0.6) is 0 Å². The highest BCUT2D eigenvalue weighted by Crippen LogP contribution is 2.10. The number of ketones is 1. The van der Waals surface area contributed by atoms with Crippen LogP contribution >= 0.6 is 0 Å². The predicted octanol–water partition coefficient (Wildman–Crippen LogP) is 2.14. The number of hydrogen-bond donors (Lipinski definition) is 1. The van der Waals surface area contributed by atoms with Gasteiger partial charge >= 0.3 is 0 Å². The van der Waals surface area contributed by atoms with Gasteiger partial charge in [0, 0.05) is 12.1 Å². The second-order valence-electron chi connectivity index (χ2n) is 3.38. The van der Waals surface area contributed by atoms with Crippen LogP contribution < -0.4 is 5.32 Å². The van der Waals surface area contributed by atoms with Crippen LogP contribution in [-0.4, -0.2) is 12.3 Å². The molecule has 0 aliphatic carbocycles. The molecule has 1 aromatic carbocycles. The van der Waals surface area contributed by atoms with Crippen molar-refractivity contribution in [2.45, 2.75) is 12.8 Å². The minimum Gasteiger partial charge on any atom is -0.382 e. The number of Topliss-reactive ketones (excluding diaryl/α,β-unsaturated/α-hetero) is 1. The maximum Gasteiger partial charge on any atom is 0.208 e. The van der Waals surface area contributed by atoms with Crippen molar-refractivity contribution in [2.24, 2.45) is 0 Å². The van der Waals surface area contributed by atoms with Crippen molar-refractivity contribution in [1.29, 1.82) is 0 Å². The number of hydrogen-bond acceptors (Lipinski definition) is 2. The van der Waals surface area contributed by atoms with Gasteiger partial charge in [0.2, 0.25) is 5.78 Å². The van der Waals surface area contributed by atoms with Crippen molar-refractivity contribution in [1.82, 2.24) is 5.32 Å². The van der Waals surface area contributed by atoms with Gasteiger partial charge in [0.1, 0.15) is 0 Å². The lowest BCUT2D eigenvalue weighted by atomic mass is 10.1. The summed E-state index contributed by atoms with van der Waals surface area (Å²) < 4.78 is 0. The lowest BCUT2D eigenvalue weighted by molar-refractivity contribution is 0.102. The first-order valence-electron chi connectivity index (χ1n) is 4.92. The number of carbonyl (C=O) groups is 1. The van der Waals surface area contributed by atoms with E-state index in [-0.39, 0.29) is 5.78 Å². The molecule has 1 N–H and O–H groups in total.